The molecular formula is C26H30N2O4S. The molecule has 0 bridgehead atoms. The first-order chi connectivity index (χ1) is 16.2. The highest BCUT2D eigenvalue weighted by molar-refractivity contribution is 8.00. The number of nitrogens with zero attached hydrogens (tertiary/aromatic N) is 2. The molecule has 0 spiro atoms. The Labute approximate surface area is 199 Å². The Morgan fingerprint density at radius 2 is 1.36 bits per heavy atom. The van der Waals surface area contributed by atoms with Crippen molar-refractivity contribution >= 4 is 17.7 Å². The van der Waals surface area contributed by atoms with Crippen molar-refractivity contribution in [3.05, 3.63) is 77.9 Å². The summed E-state index contributed by atoms with van der Waals surface area (Å²) in [5.74, 6) is 0.587. The van der Waals surface area contributed by atoms with Gasteiger partial charge < -0.3 is 14.2 Å². The summed E-state index contributed by atoms with van der Waals surface area (Å²) in [6, 6.07) is 22.0. The summed E-state index contributed by atoms with van der Waals surface area (Å²) in [5, 5.41) is 0.0449. The Morgan fingerprint density at radius 1 is 0.848 bits per heavy atom. The molecule has 0 aliphatic carbocycles. The predicted molar refractivity (Wildman–Crippen MR) is 130 cm³/mol. The van der Waals surface area contributed by atoms with Crippen molar-refractivity contribution in [1.29, 1.82) is 0 Å². The van der Waals surface area contributed by atoms with Gasteiger partial charge in [-0.1, -0.05) is 79.3 Å². The van der Waals surface area contributed by atoms with Gasteiger partial charge in [-0.2, -0.15) is 9.97 Å². The van der Waals surface area contributed by atoms with E-state index in [1.54, 1.807) is 13.0 Å². The zero-order valence-corrected chi connectivity index (χ0v) is 19.9. The Balaban J connectivity index is 1.68. The topological polar surface area (TPSA) is 70.5 Å². The lowest BCUT2D eigenvalue weighted by Crippen LogP contribution is -2.20. The maximum absolute atomic E-state index is 12.2. The van der Waals surface area contributed by atoms with Crippen LogP contribution in [0.4, 0.5) is 0 Å². The van der Waals surface area contributed by atoms with E-state index >= 15 is 0 Å². The third kappa shape index (κ3) is 8.42. The lowest BCUT2D eigenvalue weighted by molar-refractivity contribution is -0.142. The summed E-state index contributed by atoms with van der Waals surface area (Å²) in [6.07, 6.45) is 2.13. The van der Waals surface area contributed by atoms with Gasteiger partial charge in [-0.05, 0) is 24.5 Å². The monoisotopic (exact) mass is 466 g/mol. The van der Waals surface area contributed by atoms with Gasteiger partial charge in [0.25, 0.3) is 0 Å². The van der Waals surface area contributed by atoms with Crippen LogP contribution in [0.2, 0.25) is 0 Å². The van der Waals surface area contributed by atoms with Crippen LogP contribution < -0.4 is 9.47 Å². The third-order valence-electron chi connectivity index (χ3n) is 4.79. The smallest absolute Gasteiger partial charge is 0.319 e. The van der Waals surface area contributed by atoms with Crippen LogP contribution >= 0.6 is 11.8 Å². The van der Waals surface area contributed by atoms with E-state index in [-0.39, 0.29) is 11.2 Å². The Kier molecular flexibility index (Phi) is 10.0. The first-order valence-corrected chi connectivity index (χ1v) is 12.1. The Bertz CT molecular complexity index is 922. The van der Waals surface area contributed by atoms with Crippen LogP contribution in [-0.4, -0.2) is 41.0 Å². The second-order valence-corrected chi connectivity index (χ2v) is 8.43. The molecule has 2 aromatic carbocycles. The number of rotatable bonds is 13. The molecule has 0 saturated heterocycles. The van der Waals surface area contributed by atoms with Gasteiger partial charge in [0, 0.05) is 12.8 Å². The predicted octanol–water partition coefficient (Wildman–Crippen LogP) is 5.15. The van der Waals surface area contributed by atoms with Crippen LogP contribution in [0.1, 0.15) is 31.4 Å². The maximum Gasteiger partial charge on any atom is 0.319 e. The van der Waals surface area contributed by atoms with E-state index < -0.39 is 0 Å². The van der Waals surface area contributed by atoms with E-state index in [1.165, 1.54) is 22.9 Å². The first kappa shape index (κ1) is 24.6. The standard InChI is InChI=1S/C26H30N2O4S/c1-3-22(25(29)30-4-2)33-26-27-23(31-17-15-20-11-7-5-8-12-20)19-24(28-26)32-18-16-21-13-9-6-10-14-21/h5-14,19,22H,3-4,15-18H2,1-2H3. The molecule has 3 aromatic rings. The number of carbonyl (C=O) groups is 1. The molecule has 0 amide bonds. The van der Waals surface area contributed by atoms with E-state index in [9.17, 15) is 4.79 Å². The van der Waals surface area contributed by atoms with Crippen molar-refractivity contribution in [2.24, 2.45) is 0 Å². The van der Waals surface area contributed by atoms with E-state index in [4.69, 9.17) is 14.2 Å². The molecule has 33 heavy (non-hydrogen) atoms. The van der Waals surface area contributed by atoms with Crippen LogP contribution in [0.3, 0.4) is 0 Å². The summed E-state index contributed by atoms with van der Waals surface area (Å²) < 4.78 is 17.0. The molecule has 0 aliphatic rings. The van der Waals surface area contributed by atoms with Gasteiger partial charge in [0.05, 0.1) is 25.9 Å². The number of ether oxygens (including phenoxy) is 3. The minimum atomic E-state index is -0.387. The lowest BCUT2D eigenvalue weighted by atomic mass is 10.2. The molecule has 174 valence electrons. The molecule has 0 fully saturated rings. The second kappa shape index (κ2) is 13.5. The molecule has 0 saturated carbocycles. The third-order valence-corrected chi connectivity index (χ3v) is 6.00. The summed E-state index contributed by atoms with van der Waals surface area (Å²) in [5.41, 5.74) is 2.38. The number of hydrogen-bond acceptors (Lipinski definition) is 7. The van der Waals surface area contributed by atoms with Gasteiger partial charge in [0.1, 0.15) is 5.25 Å². The largest absolute Gasteiger partial charge is 0.477 e. The van der Waals surface area contributed by atoms with Crippen LogP contribution in [0.5, 0.6) is 11.8 Å². The number of esters is 1. The number of aromatic nitrogens is 2. The van der Waals surface area contributed by atoms with E-state index in [0.717, 1.165) is 12.8 Å². The summed E-state index contributed by atoms with van der Waals surface area (Å²) in [6.45, 7) is 5.03. The lowest BCUT2D eigenvalue weighted by Gasteiger charge is -2.14. The van der Waals surface area contributed by atoms with E-state index in [2.05, 4.69) is 34.2 Å². The molecule has 3 rings (SSSR count). The van der Waals surface area contributed by atoms with Gasteiger partial charge in [0.15, 0.2) is 5.16 Å². The Morgan fingerprint density at radius 3 is 1.82 bits per heavy atom. The van der Waals surface area contributed by atoms with Crippen LogP contribution in [0.25, 0.3) is 0 Å². The summed E-state index contributed by atoms with van der Waals surface area (Å²) >= 11 is 1.27. The van der Waals surface area contributed by atoms with Crippen molar-refractivity contribution in [3.63, 3.8) is 0 Å². The van der Waals surface area contributed by atoms with Gasteiger partial charge in [-0.25, -0.2) is 0 Å². The fourth-order valence-electron chi connectivity index (χ4n) is 3.08. The highest BCUT2D eigenvalue weighted by atomic mass is 32.2. The van der Waals surface area contributed by atoms with Gasteiger partial charge in [0.2, 0.25) is 11.8 Å². The SMILES string of the molecule is CCOC(=O)C(CC)Sc1nc(OCCc2ccccc2)cc(OCCc2ccccc2)n1. The molecule has 1 unspecified atom stereocenters. The minimum Gasteiger partial charge on any atom is -0.477 e. The molecule has 6 nitrogen and oxygen atoms in total. The van der Waals surface area contributed by atoms with Crippen molar-refractivity contribution in [1.82, 2.24) is 9.97 Å². The maximum atomic E-state index is 12.2. The molecule has 1 atom stereocenters. The molecular weight excluding hydrogens is 436 g/mol. The first-order valence-electron chi connectivity index (χ1n) is 11.2. The zero-order valence-electron chi connectivity index (χ0n) is 19.1. The van der Waals surface area contributed by atoms with Crippen LogP contribution in [0.15, 0.2) is 71.9 Å². The van der Waals surface area contributed by atoms with Crippen molar-refractivity contribution in [2.45, 2.75) is 43.5 Å². The van der Waals surface area contributed by atoms with E-state index in [1.807, 2.05) is 43.3 Å². The summed E-state index contributed by atoms with van der Waals surface area (Å²) in [4.78, 5) is 21.3. The minimum absolute atomic E-state index is 0.268. The summed E-state index contributed by atoms with van der Waals surface area (Å²) in [7, 11) is 0. The molecule has 1 heterocycles. The second-order valence-electron chi connectivity index (χ2n) is 7.26. The van der Waals surface area contributed by atoms with Gasteiger partial charge in [-0.15, -0.1) is 0 Å². The Hall–Kier alpha value is -3.06. The van der Waals surface area contributed by atoms with Crippen molar-refractivity contribution < 1.29 is 19.0 Å². The number of thioether (sulfide) groups is 1. The molecule has 0 radical (unpaired) electrons. The fraction of sp³-hybridized carbons (Fsp3) is 0.346. The average molecular weight is 467 g/mol. The zero-order chi connectivity index (χ0) is 23.3. The number of hydrogen-bond donors (Lipinski definition) is 0. The molecule has 0 N–H and O–H groups in total. The van der Waals surface area contributed by atoms with Gasteiger partial charge >= 0.3 is 5.97 Å². The average Bonchev–Trinajstić information content (AvgIpc) is 2.84. The van der Waals surface area contributed by atoms with Crippen LogP contribution in [0, 0.1) is 0 Å². The molecule has 1 aromatic heterocycles. The number of benzene rings is 2. The van der Waals surface area contributed by atoms with Gasteiger partial charge in [-0.3, -0.25) is 4.79 Å². The highest BCUT2D eigenvalue weighted by Crippen LogP contribution is 2.27. The highest BCUT2D eigenvalue weighted by Gasteiger charge is 2.21. The van der Waals surface area contributed by atoms with Crippen LogP contribution in [-0.2, 0) is 22.4 Å². The van der Waals surface area contributed by atoms with Crippen molar-refractivity contribution in [3.8, 4) is 11.8 Å². The van der Waals surface area contributed by atoms with Crippen molar-refractivity contribution in [2.75, 3.05) is 19.8 Å². The fourth-order valence-corrected chi connectivity index (χ4v) is 3.95. The quantitative estimate of drug-likeness (QED) is 0.196. The molecule has 0 aliphatic heterocycles. The number of carbonyl (C=O) groups excluding carboxylic acids is 1. The van der Waals surface area contributed by atoms with E-state index in [0.29, 0.717) is 43.2 Å². The molecule has 7 heteroatoms. The normalized spacial score (nSPS) is 11.6.